The zero-order valence-corrected chi connectivity index (χ0v) is 10.9. The summed E-state index contributed by atoms with van der Waals surface area (Å²) in [4.78, 5) is 13.3. The van der Waals surface area contributed by atoms with Gasteiger partial charge in [-0.25, -0.2) is 8.78 Å². The Balaban J connectivity index is 1.98. The summed E-state index contributed by atoms with van der Waals surface area (Å²) >= 11 is 0. The van der Waals surface area contributed by atoms with Crippen LogP contribution < -0.4 is 10.2 Å². The van der Waals surface area contributed by atoms with E-state index in [-0.39, 0.29) is 29.1 Å². The van der Waals surface area contributed by atoms with Crippen LogP contribution in [-0.4, -0.2) is 30.1 Å². The largest absolute Gasteiger partial charge is 0.392 e. The minimum absolute atomic E-state index is 0.0347. The molecule has 0 aromatic heterocycles. The Labute approximate surface area is 115 Å². The standard InChI is InChI=1S/C14H16F2N2O2/c15-10-4-8(7-19)5-11(16)13(10)18-3-1-2-9-12(18)6-17-14(9)20/h4-5,9,12,19H,1-3,6-7H2,(H,17,20). The van der Waals surface area contributed by atoms with Crippen LogP contribution in [0.4, 0.5) is 14.5 Å². The van der Waals surface area contributed by atoms with Crippen molar-refractivity contribution in [1.82, 2.24) is 5.32 Å². The summed E-state index contributed by atoms with van der Waals surface area (Å²) in [5.74, 6) is -1.60. The molecule has 2 aliphatic heterocycles. The normalized spacial score (nSPS) is 25.6. The Morgan fingerprint density at radius 1 is 1.35 bits per heavy atom. The summed E-state index contributed by atoms with van der Waals surface area (Å²) in [7, 11) is 0. The van der Waals surface area contributed by atoms with E-state index in [4.69, 9.17) is 5.11 Å². The number of anilines is 1. The van der Waals surface area contributed by atoms with Crippen molar-refractivity contribution in [3.63, 3.8) is 0 Å². The fourth-order valence-electron chi connectivity index (χ4n) is 3.21. The SMILES string of the molecule is O=C1NCC2C1CCCN2c1c(F)cc(CO)cc1F. The highest BCUT2D eigenvalue weighted by Crippen LogP contribution is 2.35. The van der Waals surface area contributed by atoms with Gasteiger partial charge in [-0.3, -0.25) is 4.79 Å². The molecule has 2 fully saturated rings. The molecule has 6 heteroatoms. The predicted molar refractivity (Wildman–Crippen MR) is 69.1 cm³/mol. The number of halogens is 2. The third-order valence-electron chi connectivity index (χ3n) is 4.15. The van der Waals surface area contributed by atoms with Crippen LogP contribution >= 0.6 is 0 Å². The van der Waals surface area contributed by atoms with Gasteiger partial charge < -0.3 is 15.3 Å². The van der Waals surface area contributed by atoms with E-state index in [0.717, 1.165) is 25.0 Å². The average molecular weight is 282 g/mol. The quantitative estimate of drug-likeness (QED) is 0.856. The number of fused-ring (bicyclic) bond motifs is 1. The number of benzene rings is 1. The van der Waals surface area contributed by atoms with E-state index in [0.29, 0.717) is 13.1 Å². The molecule has 2 N–H and O–H groups in total. The zero-order valence-electron chi connectivity index (χ0n) is 10.9. The molecule has 2 unspecified atom stereocenters. The van der Waals surface area contributed by atoms with Gasteiger partial charge in [-0.15, -0.1) is 0 Å². The van der Waals surface area contributed by atoms with Crippen molar-refractivity contribution in [2.24, 2.45) is 5.92 Å². The molecule has 2 heterocycles. The van der Waals surface area contributed by atoms with Gasteiger partial charge in [0, 0.05) is 13.1 Å². The van der Waals surface area contributed by atoms with Crippen molar-refractivity contribution >= 4 is 11.6 Å². The lowest BCUT2D eigenvalue weighted by molar-refractivity contribution is -0.123. The van der Waals surface area contributed by atoms with Crippen LogP contribution in [0.25, 0.3) is 0 Å². The van der Waals surface area contributed by atoms with E-state index in [2.05, 4.69) is 5.32 Å². The highest BCUT2D eigenvalue weighted by atomic mass is 19.1. The molecule has 2 saturated heterocycles. The van der Waals surface area contributed by atoms with Crippen molar-refractivity contribution < 1.29 is 18.7 Å². The second-order valence-electron chi connectivity index (χ2n) is 5.32. The number of aliphatic hydroxyl groups excluding tert-OH is 1. The van der Waals surface area contributed by atoms with Crippen molar-refractivity contribution in [2.45, 2.75) is 25.5 Å². The van der Waals surface area contributed by atoms with Crippen molar-refractivity contribution in [3.05, 3.63) is 29.3 Å². The monoisotopic (exact) mass is 282 g/mol. The van der Waals surface area contributed by atoms with Gasteiger partial charge in [-0.1, -0.05) is 0 Å². The van der Waals surface area contributed by atoms with Crippen LogP contribution in [0.3, 0.4) is 0 Å². The van der Waals surface area contributed by atoms with E-state index in [9.17, 15) is 13.6 Å². The third kappa shape index (κ3) is 2.04. The van der Waals surface area contributed by atoms with E-state index in [1.165, 1.54) is 0 Å². The van der Waals surface area contributed by atoms with E-state index in [1.807, 2.05) is 0 Å². The van der Waals surface area contributed by atoms with Gasteiger partial charge in [0.25, 0.3) is 0 Å². The Kier molecular flexibility index (Phi) is 3.33. The molecule has 0 bridgehead atoms. The topological polar surface area (TPSA) is 52.6 Å². The molecule has 0 saturated carbocycles. The minimum atomic E-state index is -0.686. The highest BCUT2D eigenvalue weighted by molar-refractivity contribution is 5.83. The summed E-state index contributed by atoms with van der Waals surface area (Å²) in [5, 5.41) is 11.7. The molecule has 1 aromatic carbocycles. The lowest BCUT2D eigenvalue weighted by Gasteiger charge is -2.38. The lowest BCUT2D eigenvalue weighted by Crippen LogP contribution is -2.46. The molecular formula is C14H16F2N2O2. The van der Waals surface area contributed by atoms with Crippen molar-refractivity contribution in [1.29, 1.82) is 0 Å². The number of rotatable bonds is 2. The molecule has 2 aliphatic rings. The van der Waals surface area contributed by atoms with Gasteiger partial charge >= 0.3 is 0 Å². The molecule has 0 spiro atoms. The van der Waals surface area contributed by atoms with Gasteiger partial charge in [0.15, 0.2) is 0 Å². The van der Waals surface area contributed by atoms with Gasteiger partial charge in [0.05, 0.1) is 18.6 Å². The maximum atomic E-state index is 14.1. The fraction of sp³-hybridized carbons (Fsp3) is 0.500. The first kappa shape index (κ1) is 13.3. The van der Waals surface area contributed by atoms with Gasteiger partial charge in [-0.05, 0) is 30.5 Å². The number of nitrogens with one attached hydrogen (secondary N) is 1. The van der Waals surface area contributed by atoms with E-state index >= 15 is 0 Å². The zero-order chi connectivity index (χ0) is 14.3. The molecule has 1 amide bonds. The van der Waals surface area contributed by atoms with E-state index in [1.54, 1.807) is 4.90 Å². The van der Waals surface area contributed by atoms with Crippen LogP contribution in [0.1, 0.15) is 18.4 Å². The van der Waals surface area contributed by atoms with Crippen LogP contribution in [-0.2, 0) is 11.4 Å². The average Bonchev–Trinajstić information content (AvgIpc) is 2.81. The first-order valence-corrected chi connectivity index (χ1v) is 6.75. The van der Waals surface area contributed by atoms with Crippen molar-refractivity contribution in [2.75, 3.05) is 18.0 Å². The number of hydrogen-bond acceptors (Lipinski definition) is 3. The molecule has 3 rings (SSSR count). The first-order valence-electron chi connectivity index (χ1n) is 6.75. The number of carbonyl (C=O) groups is 1. The second kappa shape index (κ2) is 5.01. The van der Waals surface area contributed by atoms with E-state index < -0.39 is 18.2 Å². The molecule has 0 radical (unpaired) electrons. The fourth-order valence-corrected chi connectivity index (χ4v) is 3.21. The maximum Gasteiger partial charge on any atom is 0.225 e. The first-order chi connectivity index (χ1) is 9.61. The van der Waals surface area contributed by atoms with Gasteiger partial charge in [0.2, 0.25) is 5.91 Å². The summed E-state index contributed by atoms with van der Waals surface area (Å²) in [6.45, 7) is 0.548. The molecule has 4 nitrogen and oxygen atoms in total. The number of piperidine rings is 1. The minimum Gasteiger partial charge on any atom is -0.392 e. The number of amides is 1. The van der Waals surface area contributed by atoms with Gasteiger partial charge in [0.1, 0.15) is 17.3 Å². The molecule has 1 aromatic rings. The van der Waals surface area contributed by atoms with Crippen LogP contribution in [0.5, 0.6) is 0 Å². The summed E-state index contributed by atoms with van der Waals surface area (Å²) in [6, 6.07) is 2.10. The number of nitrogens with zero attached hydrogens (tertiary/aromatic N) is 1. The Hall–Kier alpha value is -1.69. The smallest absolute Gasteiger partial charge is 0.225 e. The Morgan fingerprint density at radius 3 is 2.70 bits per heavy atom. The maximum absolute atomic E-state index is 14.1. The third-order valence-corrected chi connectivity index (χ3v) is 4.15. The van der Waals surface area contributed by atoms with Crippen molar-refractivity contribution in [3.8, 4) is 0 Å². The van der Waals surface area contributed by atoms with Crippen LogP contribution in [0, 0.1) is 17.6 Å². The molecule has 108 valence electrons. The predicted octanol–water partition coefficient (Wildman–Crippen LogP) is 1.17. The molecule has 0 aliphatic carbocycles. The summed E-state index contributed by atoms with van der Waals surface area (Å²) in [6.07, 6.45) is 1.49. The van der Waals surface area contributed by atoms with Crippen LogP contribution in [0.15, 0.2) is 12.1 Å². The molecular weight excluding hydrogens is 266 g/mol. The second-order valence-corrected chi connectivity index (χ2v) is 5.32. The number of carbonyl (C=O) groups excluding carboxylic acids is 1. The Morgan fingerprint density at radius 2 is 2.05 bits per heavy atom. The van der Waals surface area contributed by atoms with Crippen LogP contribution in [0.2, 0.25) is 0 Å². The summed E-state index contributed by atoms with van der Waals surface area (Å²) in [5.41, 5.74) is 0.117. The highest BCUT2D eigenvalue weighted by Gasteiger charge is 2.42. The van der Waals surface area contributed by atoms with Gasteiger partial charge in [-0.2, -0.15) is 0 Å². The number of hydrogen-bond donors (Lipinski definition) is 2. The Bertz CT molecular complexity index is 527. The number of aliphatic hydroxyl groups is 1. The summed E-state index contributed by atoms with van der Waals surface area (Å²) < 4.78 is 28.3. The molecule has 20 heavy (non-hydrogen) atoms. The molecule has 2 atom stereocenters. The lowest BCUT2D eigenvalue weighted by atomic mass is 9.91.